The van der Waals surface area contributed by atoms with E-state index in [9.17, 15) is 0 Å². The van der Waals surface area contributed by atoms with Crippen molar-refractivity contribution in [1.29, 1.82) is 5.26 Å². The average Bonchev–Trinajstić information content (AvgIpc) is 2.48. The van der Waals surface area contributed by atoms with E-state index in [-0.39, 0.29) is 6.04 Å². The predicted octanol–water partition coefficient (Wildman–Crippen LogP) is 2.02. The molecule has 3 heterocycles. The van der Waals surface area contributed by atoms with E-state index >= 15 is 0 Å². The molecule has 0 aromatic carbocycles. The minimum atomic E-state index is 0.206. The van der Waals surface area contributed by atoms with Crippen LogP contribution in [0.1, 0.15) is 38.8 Å². The van der Waals surface area contributed by atoms with Gasteiger partial charge < -0.3 is 16.0 Å². The second-order valence-corrected chi connectivity index (χ2v) is 7.11. The number of fused-ring (bicyclic) bond motifs is 1. The van der Waals surface area contributed by atoms with Crippen molar-refractivity contribution in [3.8, 4) is 6.07 Å². The van der Waals surface area contributed by atoms with Crippen LogP contribution in [0.2, 0.25) is 0 Å². The maximum atomic E-state index is 9.15. The smallest absolute Gasteiger partial charge is 0.223 e. The molecule has 7 nitrogen and oxygen atoms in total. The van der Waals surface area contributed by atoms with Crippen LogP contribution in [0.3, 0.4) is 0 Å². The zero-order valence-electron chi connectivity index (χ0n) is 13.9. The van der Waals surface area contributed by atoms with Gasteiger partial charge in [0.2, 0.25) is 5.95 Å². The molecule has 1 saturated carbocycles. The van der Waals surface area contributed by atoms with Crippen LogP contribution >= 0.6 is 0 Å². The number of rotatable bonds is 4. The van der Waals surface area contributed by atoms with Crippen LogP contribution < -0.4 is 16.0 Å². The summed E-state index contributed by atoms with van der Waals surface area (Å²) < 4.78 is 0. The van der Waals surface area contributed by atoms with Crippen LogP contribution in [-0.2, 0) is 0 Å². The predicted molar refractivity (Wildman–Crippen MR) is 92.8 cm³/mol. The highest BCUT2D eigenvalue weighted by atomic mass is 15.2. The lowest BCUT2D eigenvalue weighted by Crippen LogP contribution is -2.67. The molecule has 1 aliphatic heterocycles. The number of nitrogens with zero attached hydrogens (tertiary/aromatic N) is 4. The third-order valence-corrected chi connectivity index (χ3v) is 4.82. The monoisotopic (exact) mass is 323 g/mol. The molecule has 2 aromatic rings. The maximum Gasteiger partial charge on any atom is 0.223 e. The lowest BCUT2D eigenvalue weighted by atomic mass is 9.66. The Hall–Kier alpha value is -2.46. The summed E-state index contributed by atoms with van der Waals surface area (Å²) in [4.78, 5) is 13.4. The number of anilines is 2. The molecule has 0 atom stereocenters. The van der Waals surface area contributed by atoms with Crippen molar-refractivity contribution in [3.63, 3.8) is 0 Å². The van der Waals surface area contributed by atoms with E-state index in [0.717, 1.165) is 30.3 Å². The van der Waals surface area contributed by atoms with Crippen molar-refractivity contribution in [2.45, 2.75) is 50.7 Å². The van der Waals surface area contributed by atoms with Crippen molar-refractivity contribution >= 4 is 22.7 Å². The molecule has 2 fully saturated rings. The standard InChI is InChI=1S/C17H21N7/c1-10(2)21-15-14-11(5-12(8-18)22-15)9-19-16(24-14)23-13-6-17(7-13)3-4-20-17/h5,9-10,13,20H,3-4,6-7H2,1-2H3,(H,21,22)(H,19,23,24). The van der Waals surface area contributed by atoms with Gasteiger partial charge in [0.05, 0.1) is 0 Å². The van der Waals surface area contributed by atoms with E-state index in [4.69, 9.17) is 5.26 Å². The molecular weight excluding hydrogens is 302 g/mol. The lowest BCUT2D eigenvalue weighted by molar-refractivity contribution is 0.0870. The molecular formula is C17H21N7. The van der Waals surface area contributed by atoms with Gasteiger partial charge in [0.25, 0.3) is 0 Å². The van der Waals surface area contributed by atoms with Gasteiger partial charge in [0.1, 0.15) is 17.3 Å². The molecule has 2 aromatic heterocycles. The molecule has 24 heavy (non-hydrogen) atoms. The Bertz CT molecular complexity index is 812. The molecule has 0 amide bonds. The first-order valence-electron chi connectivity index (χ1n) is 8.43. The summed E-state index contributed by atoms with van der Waals surface area (Å²) in [7, 11) is 0. The summed E-state index contributed by atoms with van der Waals surface area (Å²) >= 11 is 0. The van der Waals surface area contributed by atoms with Gasteiger partial charge >= 0.3 is 0 Å². The molecule has 0 bridgehead atoms. The summed E-state index contributed by atoms with van der Waals surface area (Å²) in [5.74, 6) is 1.26. The fourth-order valence-electron chi connectivity index (χ4n) is 3.54. The van der Waals surface area contributed by atoms with Crippen LogP contribution in [0.5, 0.6) is 0 Å². The zero-order valence-corrected chi connectivity index (χ0v) is 13.9. The highest BCUT2D eigenvalue weighted by Gasteiger charge is 2.48. The summed E-state index contributed by atoms with van der Waals surface area (Å²) in [5, 5.41) is 20.2. The van der Waals surface area contributed by atoms with Crippen molar-refractivity contribution < 1.29 is 0 Å². The molecule has 7 heteroatoms. The molecule has 1 saturated heterocycles. The largest absolute Gasteiger partial charge is 0.366 e. The minimum absolute atomic E-state index is 0.206. The molecule has 1 aliphatic carbocycles. The number of nitrogens with one attached hydrogen (secondary N) is 3. The van der Waals surface area contributed by atoms with E-state index in [1.165, 1.54) is 6.42 Å². The Kier molecular flexibility index (Phi) is 3.50. The van der Waals surface area contributed by atoms with Gasteiger partial charge in [-0.2, -0.15) is 5.26 Å². The molecule has 3 N–H and O–H groups in total. The van der Waals surface area contributed by atoms with Crippen LogP contribution in [-0.4, -0.2) is 39.1 Å². The molecule has 0 unspecified atom stereocenters. The normalized spacial score (nSPS) is 25.2. The van der Waals surface area contributed by atoms with Gasteiger partial charge in [-0.25, -0.2) is 15.0 Å². The Labute approximate surface area is 140 Å². The summed E-state index contributed by atoms with van der Waals surface area (Å²) in [6.07, 6.45) is 5.27. The third kappa shape index (κ3) is 2.63. The third-order valence-electron chi connectivity index (χ3n) is 4.82. The van der Waals surface area contributed by atoms with E-state index in [0.29, 0.717) is 29.0 Å². The number of nitriles is 1. The van der Waals surface area contributed by atoms with Crippen molar-refractivity contribution in [1.82, 2.24) is 20.3 Å². The summed E-state index contributed by atoms with van der Waals surface area (Å²) in [5.41, 5.74) is 1.49. The Morgan fingerprint density at radius 3 is 2.79 bits per heavy atom. The number of aromatic nitrogens is 3. The van der Waals surface area contributed by atoms with Crippen molar-refractivity contribution in [2.24, 2.45) is 0 Å². The highest BCUT2D eigenvalue weighted by molar-refractivity contribution is 5.89. The quantitative estimate of drug-likeness (QED) is 0.791. The Morgan fingerprint density at radius 2 is 2.17 bits per heavy atom. The molecule has 124 valence electrons. The number of hydrogen-bond donors (Lipinski definition) is 3. The zero-order chi connectivity index (χ0) is 16.7. The van der Waals surface area contributed by atoms with Gasteiger partial charge in [-0.05, 0) is 45.7 Å². The van der Waals surface area contributed by atoms with Gasteiger partial charge in [0, 0.05) is 29.2 Å². The second kappa shape index (κ2) is 5.56. The van der Waals surface area contributed by atoms with Crippen LogP contribution in [0.4, 0.5) is 11.8 Å². The highest BCUT2D eigenvalue weighted by Crippen LogP contribution is 2.40. The first kappa shape index (κ1) is 15.1. The van der Waals surface area contributed by atoms with Gasteiger partial charge in [-0.3, -0.25) is 0 Å². The van der Waals surface area contributed by atoms with E-state index in [1.807, 2.05) is 13.8 Å². The topological polar surface area (TPSA) is 98.5 Å². The van der Waals surface area contributed by atoms with E-state index < -0.39 is 0 Å². The van der Waals surface area contributed by atoms with E-state index in [2.05, 4.69) is 37.0 Å². The van der Waals surface area contributed by atoms with Gasteiger partial charge in [0.15, 0.2) is 5.82 Å². The van der Waals surface area contributed by atoms with Gasteiger partial charge in [-0.1, -0.05) is 0 Å². The molecule has 2 aliphatic rings. The Morgan fingerprint density at radius 1 is 1.38 bits per heavy atom. The van der Waals surface area contributed by atoms with Crippen LogP contribution in [0, 0.1) is 11.3 Å². The summed E-state index contributed by atoms with van der Waals surface area (Å²) in [6, 6.07) is 4.44. The van der Waals surface area contributed by atoms with Crippen molar-refractivity contribution in [3.05, 3.63) is 18.0 Å². The average molecular weight is 323 g/mol. The number of hydrogen-bond acceptors (Lipinski definition) is 7. The SMILES string of the molecule is CC(C)Nc1nc(C#N)cc2cnc(NC3CC4(CCN4)C3)nc12. The minimum Gasteiger partial charge on any atom is -0.366 e. The fraction of sp³-hybridized carbons (Fsp3) is 0.529. The molecule has 4 rings (SSSR count). The number of pyridine rings is 1. The lowest BCUT2D eigenvalue weighted by Gasteiger charge is -2.54. The Balaban J connectivity index is 1.60. The first-order valence-corrected chi connectivity index (χ1v) is 8.43. The summed E-state index contributed by atoms with van der Waals surface area (Å²) in [6.45, 7) is 5.20. The van der Waals surface area contributed by atoms with E-state index in [1.54, 1.807) is 12.3 Å². The van der Waals surface area contributed by atoms with Crippen LogP contribution in [0.15, 0.2) is 12.3 Å². The fourth-order valence-corrected chi connectivity index (χ4v) is 3.54. The second-order valence-electron chi connectivity index (χ2n) is 7.11. The molecule has 0 radical (unpaired) electrons. The maximum absolute atomic E-state index is 9.15. The van der Waals surface area contributed by atoms with Crippen LogP contribution in [0.25, 0.3) is 10.9 Å². The van der Waals surface area contributed by atoms with Crippen molar-refractivity contribution in [2.75, 3.05) is 17.2 Å². The van der Waals surface area contributed by atoms with Gasteiger partial charge in [-0.15, -0.1) is 0 Å². The first-order chi connectivity index (χ1) is 11.6. The molecule has 1 spiro atoms.